The number of benzene rings is 1. The molecule has 0 aliphatic carbocycles. The summed E-state index contributed by atoms with van der Waals surface area (Å²) in [5.74, 6) is 0.979. The van der Waals surface area contributed by atoms with E-state index < -0.39 is 5.91 Å². The Bertz CT molecular complexity index is 902. The molecule has 26 heavy (non-hydrogen) atoms. The first-order chi connectivity index (χ1) is 12.4. The van der Waals surface area contributed by atoms with E-state index >= 15 is 0 Å². The van der Waals surface area contributed by atoms with Gasteiger partial charge >= 0.3 is 0 Å². The van der Waals surface area contributed by atoms with Crippen molar-refractivity contribution in [3.8, 4) is 11.4 Å². The SMILES string of the molecule is CC(C)c1ncc(-c2nc(CC(N)=O)nn2Cc2ccc(F)cc2)cn1. The third-order valence-electron chi connectivity index (χ3n) is 3.74. The highest BCUT2D eigenvalue weighted by molar-refractivity contribution is 5.75. The number of nitrogens with zero attached hydrogens (tertiary/aromatic N) is 5. The van der Waals surface area contributed by atoms with E-state index in [1.807, 2.05) is 13.8 Å². The van der Waals surface area contributed by atoms with Gasteiger partial charge < -0.3 is 5.73 Å². The van der Waals surface area contributed by atoms with Crippen LogP contribution >= 0.6 is 0 Å². The van der Waals surface area contributed by atoms with Crippen molar-refractivity contribution in [2.24, 2.45) is 5.73 Å². The molecule has 2 heterocycles. The minimum atomic E-state index is -0.512. The van der Waals surface area contributed by atoms with Gasteiger partial charge in [-0.2, -0.15) is 5.10 Å². The normalized spacial score (nSPS) is 11.1. The van der Waals surface area contributed by atoms with Crippen LogP contribution in [0.15, 0.2) is 36.7 Å². The topological polar surface area (TPSA) is 99.6 Å². The first-order valence-electron chi connectivity index (χ1n) is 8.21. The predicted molar refractivity (Wildman–Crippen MR) is 93.5 cm³/mol. The van der Waals surface area contributed by atoms with Gasteiger partial charge in [-0.3, -0.25) is 4.79 Å². The quantitative estimate of drug-likeness (QED) is 0.730. The highest BCUT2D eigenvalue weighted by Crippen LogP contribution is 2.19. The summed E-state index contributed by atoms with van der Waals surface area (Å²) in [6.07, 6.45) is 3.30. The van der Waals surface area contributed by atoms with Crippen molar-refractivity contribution >= 4 is 5.91 Å². The molecular weight excluding hydrogens is 335 g/mol. The summed E-state index contributed by atoms with van der Waals surface area (Å²) in [6.45, 7) is 4.39. The summed E-state index contributed by atoms with van der Waals surface area (Å²) in [4.78, 5) is 24.3. The second-order valence-electron chi connectivity index (χ2n) is 6.26. The lowest BCUT2D eigenvalue weighted by molar-refractivity contribution is -0.117. The molecule has 3 rings (SSSR count). The average Bonchev–Trinajstić information content (AvgIpc) is 2.98. The van der Waals surface area contributed by atoms with Crippen LogP contribution in [0.25, 0.3) is 11.4 Å². The fourth-order valence-electron chi connectivity index (χ4n) is 2.46. The first-order valence-corrected chi connectivity index (χ1v) is 8.21. The Morgan fingerprint density at radius 1 is 1.19 bits per heavy atom. The van der Waals surface area contributed by atoms with E-state index in [1.54, 1.807) is 29.2 Å². The largest absolute Gasteiger partial charge is 0.369 e. The molecular formula is C18H19FN6O. The average molecular weight is 354 g/mol. The standard InChI is InChI=1S/C18H19FN6O/c1-11(2)17-21-8-13(9-22-17)18-23-16(7-15(20)26)24-25(18)10-12-3-5-14(19)6-4-12/h3-6,8-9,11H,7,10H2,1-2H3,(H2,20,26). The van der Waals surface area contributed by atoms with Crippen molar-refractivity contribution in [3.63, 3.8) is 0 Å². The minimum absolute atomic E-state index is 0.0612. The Labute approximate surface area is 150 Å². The molecule has 3 aromatic rings. The molecule has 0 aliphatic heterocycles. The van der Waals surface area contributed by atoms with Crippen LogP contribution in [0.2, 0.25) is 0 Å². The molecule has 2 aromatic heterocycles. The first kappa shape index (κ1) is 17.7. The summed E-state index contributed by atoms with van der Waals surface area (Å²) in [5.41, 5.74) is 6.78. The number of carbonyl (C=O) groups is 1. The van der Waals surface area contributed by atoms with Crippen LogP contribution in [0.5, 0.6) is 0 Å². The third-order valence-corrected chi connectivity index (χ3v) is 3.74. The Morgan fingerprint density at radius 3 is 2.42 bits per heavy atom. The van der Waals surface area contributed by atoms with E-state index in [2.05, 4.69) is 20.1 Å². The Balaban J connectivity index is 1.97. The monoisotopic (exact) mass is 354 g/mol. The lowest BCUT2D eigenvalue weighted by Crippen LogP contribution is -2.15. The molecule has 1 aromatic carbocycles. The molecule has 0 saturated carbocycles. The van der Waals surface area contributed by atoms with Crippen molar-refractivity contribution in [1.82, 2.24) is 24.7 Å². The Hall–Kier alpha value is -3.16. The van der Waals surface area contributed by atoms with E-state index in [0.29, 0.717) is 23.8 Å². The molecule has 134 valence electrons. The number of carbonyl (C=O) groups excluding carboxylic acids is 1. The molecule has 2 N–H and O–H groups in total. The molecule has 0 atom stereocenters. The van der Waals surface area contributed by atoms with E-state index in [9.17, 15) is 9.18 Å². The van der Waals surface area contributed by atoms with Crippen molar-refractivity contribution in [2.75, 3.05) is 0 Å². The molecule has 0 spiro atoms. The molecule has 0 fully saturated rings. The number of halogens is 1. The predicted octanol–water partition coefficient (Wildman–Crippen LogP) is 2.07. The van der Waals surface area contributed by atoms with Gasteiger partial charge in [-0.05, 0) is 17.7 Å². The molecule has 0 unspecified atom stereocenters. The van der Waals surface area contributed by atoms with Gasteiger partial charge in [0, 0.05) is 18.3 Å². The highest BCUT2D eigenvalue weighted by atomic mass is 19.1. The molecule has 1 amide bonds. The number of hydrogen-bond donors (Lipinski definition) is 1. The van der Waals surface area contributed by atoms with Gasteiger partial charge in [-0.1, -0.05) is 26.0 Å². The molecule has 0 saturated heterocycles. The number of hydrogen-bond acceptors (Lipinski definition) is 5. The van der Waals surface area contributed by atoms with Gasteiger partial charge in [-0.15, -0.1) is 0 Å². The Kier molecular flexibility index (Phi) is 5.01. The molecule has 0 radical (unpaired) electrons. The number of primary amides is 1. The summed E-state index contributed by atoms with van der Waals surface area (Å²) < 4.78 is 14.8. The van der Waals surface area contributed by atoms with E-state index in [1.165, 1.54) is 12.1 Å². The number of amides is 1. The summed E-state index contributed by atoms with van der Waals surface area (Å²) in [6, 6.07) is 6.12. The summed E-state index contributed by atoms with van der Waals surface area (Å²) in [5, 5.41) is 4.36. The molecule has 7 nitrogen and oxygen atoms in total. The lowest BCUT2D eigenvalue weighted by Gasteiger charge is -2.07. The summed E-state index contributed by atoms with van der Waals surface area (Å²) in [7, 11) is 0. The van der Waals surface area contributed by atoms with Crippen LogP contribution in [0.4, 0.5) is 4.39 Å². The smallest absolute Gasteiger partial charge is 0.225 e. The minimum Gasteiger partial charge on any atom is -0.369 e. The van der Waals surface area contributed by atoms with Gasteiger partial charge in [0.05, 0.1) is 18.5 Å². The van der Waals surface area contributed by atoms with Crippen LogP contribution in [-0.2, 0) is 17.8 Å². The molecule has 0 aliphatic rings. The second kappa shape index (κ2) is 7.38. The van der Waals surface area contributed by atoms with Crippen molar-refractivity contribution in [2.45, 2.75) is 32.7 Å². The van der Waals surface area contributed by atoms with Crippen LogP contribution in [0.1, 0.15) is 37.0 Å². The van der Waals surface area contributed by atoms with Gasteiger partial charge in [0.25, 0.3) is 0 Å². The van der Waals surface area contributed by atoms with Gasteiger partial charge in [0.15, 0.2) is 11.6 Å². The maximum absolute atomic E-state index is 13.1. The maximum atomic E-state index is 13.1. The van der Waals surface area contributed by atoms with E-state index in [4.69, 9.17) is 5.73 Å². The van der Waals surface area contributed by atoms with Gasteiger partial charge in [0.2, 0.25) is 5.91 Å². The highest BCUT2D eigenvalue weighted by Gasteiger charge is 2.15. The summed E-state index contributed by atoms with van der Waals surface area (Å²) >= 11 is 0. The number of rotatable bonds is 6. The van der Waals surface area contributed by atoms with Crippen molar-refractivity contribution < 1.29 is 9.18 Å². The fraction of sp³-hybridized carbons (Fsp3) is 0.278. The van der Waals surface area contributed by atoms with Crippen LogP contribution in [0, 0.1) is 5.82 Å². The van der Waals surface area contributed by atoms with E-state index in [-0.39, 0.29) is 18.2 Å². The zero-order valence-corrected chi connectivity index (χ0v) is 14.6. The Morgan fingerprint density at radius 2 is 1.85 bits per heavy atom. The second-order valence-corrected chi connectivity index (χ2v) is 6.26. The van der Waals surface area contributed by atoms with Crippen molar-refractivity contribution in [1.29, 1.82) is 0 Å². The molecule has 0 bridgehead atoms. The zero-order chi connectivity index (χ0) is 18.7. The van der Waals surface area contributed by atoms with Crippen LogP contribution < -0.4 is 5.73 Å². The lowest BCUT2D eigenvalue weighted by atomic mass is 10.2. The third kappa shape index (κ3) is 4.08. The maximum Gasteiger partial charge on any atom is 0.225 e. The number of nitrogens with two attached hydrogens (primary N) is 1. The number of aromatic nitrogens is 5. The van der Waals surface area contributed by atoms with Crippen LogP contribution in [0.3, 0.4) is 0 Å². The van der Waals surface area contributed by atoms with E-state index in [0.717, 1.165) is 11.4 Å². The van der Waals surface area contributed by atoms with Crippen LogP contribution in [-0.4, -0.2) is 30.6 Å². The molecule has 8 heteroatoms. The fourth-order valence-corrected chi connectivity index (χ4v) is 2.46. The van der Waals surface area contributed by atoms with Crippen molar-refractivity contribution in [3.05, 3.63) is 59.7 Å². The zero-order valence-electron chi connectivity index (χ0n) is 14.6. The van der Waals surface area contributed by atoms with Gasteiger partial charge in [-0.25, -0.2) is 24.0 Å². The van der Waals surface area contributed by atoms with Gasteiger partial charge in [0.1, 0.15) is 11.6 Å².